The summed E-state index contributed by atoms with van der Waals surface area (Å²) in [6, 6.07) is 8.49. The summed E-state index contributed by atoms with van der Waals surface area (Å²) in [5.74, 6) is 0.900. The summed E-state index contributed by atoms with van der Waals surface area (Å²) in [6.07, 6.45) is 10.6. The Morgan fingerprint density at radius 2 is 1.03 bits per heavy atom. The fourth-order valence-electron chi connectivity index (χ4n) is 3.59. The Balaban J connectivity index is 1.85. The third-order valence-electron chi connectivity index (χ3n) is 7.10. The van der Waals surface area contributed by atoms with Gasteiger partial charge in [-0.2, -0.15) is 0 Å². The van der Waals surface area contributed by atoms with Crippen LogP contribution in [0.15, 0.2) is 24.3 Å². The van der Waals surface area contributed by atoms with Crippen molar-refractivity contribution < 1.29 is 28.1 Å². The zero-order chi connectivity index (χ0) is 28.0. The van der Waals surface area contributed by atoms with E-state index in [1.165, 1.54) is 50.5 Å². The summed E-state index contributed by atoms with van der Waals surface area (Å²) in [5, 5.41) is 0.230. The van der Waals surface area contributed by atoms with E-state index in [4.69, 9.17) is 28.1 Å². The first-order valence-corrected chi connectivity index (χ1v) is 17.8. The van der Waals surface area contributed by atoms with Crippen molar-refractivity contribution >= 4 is 8.32 Å². The molecule has 0 radical (unpaired) electrons. The van der Waals surface area contributed by atoms with Crippen molar-refractivity contribution in [2.24, 2.45) is 0 Å². The van der Waals surface area contributed by atoms with Crippen LogP contribution in [0.3, 0.4) is 0 Å². The van der Waals surface area contributed by atoms with E-state index in [1.807, 2.05) is 0 Å². The zero-order valence-corrected chi connectivity index (χ0v) is 26.5. The smallest absolute Gasteiger partial charge is 0.192 e. The van der Waals surface area contributed by atoms with Gasteiger partial charge in [-0.1, -0.05) is 78.4 Å². The number of rotatable bonds is 25. The lowest BCUT2D eigenvalue weighted by molar-refractivity contribution is -0.00737. The van der Waals surface area contributed by atoms with Gasteiger partial charge in [-0.25, -0.2) is 0 Å². The van der Waals surface area contributed by atoms with Gasteiger partial charge in [0.05, 0.1) is 59.5 Å². The topological polar surface area (TPSA) is 55.4 Å². The number of hydrogen-bond acceptors (Lipinski definition) is 6. The average molecular weight is 555 g/mol. The van der Waals surface area contributed by atoms with E-state index in [2.05, 4.69) is 65.1 Å². The predicted octanol–water partition coefficient (Wildman–Crippen LogP) is 7.45. The summed E-state index contributed by atoms with van der Waals surface area (Å²) >= 11 is 0. The van der Waals surface area contributed by atoms with E-state index in [9.17, 15) is 0 Å². The molecular weight excluding hydrogens is 496 g/mol. The van der Waals surface area contributed by atoms with E-state index in [0.29, 0.717) is 66.1 Å². The minimum atomic E-state index is -1.68. The molecule has 6 nitrogen and oxygen atoms in total. The Bertz CT molecular complexity index is 659. The number of ether oxygens (including phenoxy) is 5. The second-order valence-corrected chi connectivity index (χ2v) is 16.2. The molecule has 0 N–H and O–H groups in total. The summed E-state index contributed by atoms with van der Waals surface area (Å²) in [5.41, 5.74) is 1.39. The summed E-state index contributed by atoms with van der Waals surface area (Å²) in [6.45, 7) is 19.2. The predicted molar refractivity (Wildman–Crippen MR) is 160 cm³/mol. The van der Waals surface area contributed by atoms with Crippen LogP contribution >= 0.6 is 0 Å². The van der Waals surface area contributed by atoms with Crippen molar-refractivity contribution in [3.63, 3.8) is 0 Å². The van der Waals surface area contributed by atoms with Crippen LogP contribution in [0.2, 0.25) is 18.1 Å². The monoisotopic (exact) mass is 554 g/mol. The Kier molecular flexibility index (Phi) is 20.1. The van der Waals surface area contributed by atoms with E-state index >= 15 is 0 Å². The molecule has 0 atom stereocenters. The minimum absolute atomic E-state index is 0.230. The van der Waals surface area contributed by atoms with Crippen molar-refractivity contribution in [2.45, 2.75) is 97.2 Å². The Hall–Kier alpha value is -0.963. The molecule has 0 amide bonds. The van der Waals surface area contributed by atoms with Crippen LogP contribution in [0.1, 0.15) is 78.2 Å². The Morgan fingerprint density at radius 1 is 0.579 bits per heavy atom. The van der Waals surface area contributed by atoms with Crippen LogP contribution in [0.5, 0.6) is 5.75 Å². The van der Waals surface area contributed by atoms with E-state index in [0.717, 1.165) is 12.2 Å². The fourth-order valence-corrected chi connectivity index (χ4v) is 4.62. The van der Waals surface area contributed by atoms with Crippen LogP contribution in [0, 0.1) is 0 Å². The van der Waals surface area contributed by atoms with Gasteiger partial charge in [0.25, 0.3) is 0 Å². The summed E-state index contributed by atoms with van der Waals surface area (Å²) in [4.78, 5) is 0. The minimum Gasteiger partial charge on any atom is -0.491 e. The fraction of sp³-hybridized carbons (Fsp3) is 0.806. The average Bonchev–Trinajstić information content (AvgIpc) is 2.88. The normalized spacial score (nSPS) is 12.3. The van der Waals surface area contributed by atoms with Gasteiger partial charge in [-0.15, -0.1) is 0 Å². The van der Waals surface area contributed by atoms with E-state index in [-0.39, 0.29) is 5.04 Å². The van der Waals surface area contributed by atoms with Gasteiger partial charge in [0, 0.05) is 0 Å². The molecular formula is C31H58O6Si. The van der Waals surface area contributed by atoms with Crippen LogP contribution in [0.4, 0.5) is 0 Å². The quantitative estimate of drug-likeness (QED) is 0.0924. The van der Waals surface area contributed by atoms with Crippen molar-refractivity contribution in [1.82, 2.24) is 0 Å². The summed E-state index contributed by atoms with van der Waals surface area (Å²) in [7, 11) is -1.68. The van der Waals surface area contributed by atoms with Crippen molar-refractivity contribution in [3.8, 4) is 5.75 Å². The molecule has 1 aromatic rings. The van der Waals surface area contributed by atoms with Crippen molar-refractivity contribution in [1.29, 1.82) is 0 Å². The third-order valence-corrected chi connectivity index (χ3v) is 11.6. The van der Waals surface area contributed by atoms with Gasteiger partial charge < -0.3 is 28.1 Å². The summed E-state index contributed by atoms with van der Waals surface area (Å²) < 4.78 is 34.1. The van der Waals surface area contributed by atoms with Crippen molar-refractivity contribution in [3.05, 3.63) is 29.8 Å². The molecule has 0 fully saturated rings. The highest BCUT2D eigenvalue weighted by molar-refractivity contribution is 6.74. The molecule has 0 bridgehead atoms. The van der Waals surface area contributed by atoms with E-state index < -0.39 is 8.32 Å². The molecule has 0 aliphatic carbocycles. The maximum absolute atomic E-state index is 6.09. The Labute approximate surface area is 235 Å². The van der Waals surface area contributed by atoms with Gasteiger partial charge in [0.1, 0.15) is 12.4 Å². The standard InChI is InChI=1S/C31H58O6Si/c1-7-8-9-10-11-12-13-14-29-15-17-30(18-16-29)36-27-25-34-23-21-32-19-20-33-22-24-35-26-28-37-38(5,6)31(2,3)4/h15-18H,7-14,19-28H2,1-6H3. The molecule has 1 rings (SSSR count). The zero-order valence-electron chi connectivity index (χ0n) is 25.5. The third kappa shape index (κ3) is 18.3. The molecule has 0 heterocycles. The van der Waals surface area contributed by atoms with Crippen LogP contribution in [0.25, 0.3) is 0 Å². The van der Waals surface area contributed by atoms with Crippen molar-refractivity contribution in [2.75, 3.05) is 66.1 Å². The first-order valence-electron chi connectivity index (χ1n) is 14.9. The molecule has 38 heavy (non-hydrogen) atoms. The first kappa shape index (κ1) is 35.1. The van der Waals surface area contributed by atoms with E-state index in [1.54, 1.807) is 0 Å². The molecule has 222 valence electrons. The highest BCUT2D eigenvalue weighted by Crippen LogP contribution is 2.36. The molecule has 1 aromatic carbocycles. The molecule has 0 aliphatic rings. The largest absolute Gasteiger partial charge is 0.491 e. The second kappa shape index (κ2) is 21.8. The molecule has 0 spiro atoms. The molecule has 7 heteroatoms. The lowest BCUT2D eigenvalue weighted by Gasteiger charge is -2.36. The maximum atomic E-state index is 6.09. The van der Waals surface area contributed by atoms with Gasteiger partial charge >= 0.3 is 0 Å². The van der Waals surface area contributed by atoms with Crippen LogP contribution < -0.4 is 4.74 Å². The lowest BCUT2D eigenvalue weighted by atomic mass is 10.0. The molecule has 0 aromatic heterocycles. The number of aryl methyl sites for hydroxylation is 1. The highest BCUT2D eigenvalue weighted by atomic mass is 28.4. The van der Waals surface area contributed by atoms with Crippen LogP contribution in [-0.4, -0.2) is 74.4 Å². The van der Waals surface area contributed by atoms with Gasteiger partial charge in [0.2, 0.25) is 0 Å². The number of benzene rings is 1. The number of unbranched alkanes of at least 4 members (excludes halogenated alkanes) is 6. The maximum Gasteiger partial charge on any atom is 0.192 e. The number of hydrogen-bond donors (Lipinski definition) is 0. The molecule has 0 unspecified atom stereocenters. The van der Waals surface area contributed by atoms with Gasteiger partial charge in [-0.05, 0) is 48.7 Å². The molecule has 0 aliphatic heterocycles. The molecule has 0 saturated carbocycles. The lowest BCUT2D eigenvalue weighted by Crippen LogP contribution is -2.41. The Morgan fingerprint density at radius 3 is 1.53 bits per heavy atom. The first-order chi connectivity index (χ1) is 18.3. The van der Waals surface area contributed by atoms with Gasteiger partial charge in [0.15, 0.2) is 8.32 Å². The molecule has 0 saturated heterocycles. The van der Waals surface area contributed by atoms with Gasteiger partial charge in [-0.3, -0.25) is 0 Å². The highest BCUT2D eigenvalue weighted by Gasteiger charge is 2.36. The second-order valence-electron chi connectivity index (χ2n) is 11.4. The SMILES string of the molecule is CCCCCCCCCc1ccc(OCCOCCOCCOCCOCCO[Si](C)(C)C(C)(C)C)cc1. The van der Waals surface area contributed by atoms with Crippen LogP contribution in [-0.2, 0) is 29.8 Å².